The molecule has 1 aliphatic rings. The first-order valence-corrected chi connectivity index (χ1v) is 13.5. The Hall–Kier alpha value is -4.52. The molecule has 13 heteroatoms. The molecule has 0 bridgehead atoms. The molecule has 4 aromatic rings. The smallest absolute Gasteiger partial charge is 0.419 e. The number of methoxy groups -OCH3 is 1. The Morgan fingerprint density at radius 2 is 1.64 bits per heavy atom. The average molecular weight is 582 g/mol. The van der Waals surface area contributed by atoms with Gasteiger partial charge < -0.3 is 19.9 Å². The van der Waals surface area contributed by atoms with Crippen LogP contribution in [0.3, 0.4) is 0 Å². The van der Waals surface area contributed by atoms with Gasteiger partial charge in [0.2, 0.25) is 11.9 Å². The van der Waals surface area contributed by atoms with E-state index in [9.17, 15) is 22.8 Å². The maximum Gasteiger partial charge on any atom is 0.419 e. The van der Waals surface area contributed by atoms with E-state index >= 15 is 0 Å². The molecule has 42 heavy (non-hydrogen) atoms. The van der Waals surface area contributed by atoms with Crippen molar-refractivity contribution < 1.29 is 22.7 Å². The number of halogens is 3. The minimum absolute atomic E-state index is 0.0298. The van der Waals surface area contributed by atoms with Crippen molar-refractivity contribution in [3.05, 3.63) is 88.1 Å². The Kier molecular flexibility index (Phi) is 8.67. The van der Waals surface area contributed by atoms with Gasteiger partial charge in [0.1, 0.15) is 5.75 Å². The van der Waals surface area contributed by atoms with E-state index in [4.69, 9.17) is 4.74 Å². The molecule has 1 amide bonds. The lowest BCUT2D eigenvalue weighted by Crippen LogP contribution is -2.49. The van der Waals surface area contributed by atoms with Crippen molar-refractivity contribution in [3.63, 3.8) is 0 Å². The van der Waals surface area contributed by atoms with Gasteiger partial charge in [0, 0.05) is 63.5 Å². The number of carbonyl (C=O) groups is 1. The zero-order valence-electron chi connectivity index (χ0n) is 23.0. The molecule has 5 rings (SSSR count). The Morgan fingerprint density at radius 1 is 0.976 bits per heavy atom. The molecular formula is C29H30F3N7O3. The maximum absolute atomic E-state index is 13.1. The number of nitrogens with zero attached hydrogens (tertiary/aromatic N) is 6. The summed E-state index contributed by atoms with van der Waals surface area (Å²) in [6, 6.07) is 14.8. The molecule has 220 valence electrons. The van der Waals surface area contributed by atoms with E-state index in [0.717, 1.165) is 29.1 Å². The fraction of sp³-hybridized carbons (Fsp3) is 0.345. The van der Waals surface area contributed by atoms with E-state index in [1.54, 1.807) is 23.0 Å². The van der Waals surface area contributed by atoms with Crippen molar-refractivity contribution in [2.24, 2.45) is 0 Å². The summed E-state index contributed by atoms with van der Waals surface area (Å²) in [4.78, 5) is 37.1. The molecule has 10 nitrogen and oxygen atoms in total. The maximum atomic E-state index is 13.1. The van der Waals surface area contributed by atoms with Crippen LogP contribution in [0.1, 0.15) is 23.2 Å². The van der Waals surface area contributed by atoms with Gasteiger partial charge in [-0.2, -0.15) is 18.3 Å². The van der Waals surface area contributed by atoms with Crippen LogP contribution in [0, 0.1) is 0 Å². The van der Waals surface area contributed by atoms with Gasteiger partial charge in [0.05, 0.1) is 30.3 Å². The molecule has 3 heterocycles. The monoisotopic (exact) mass is 581 g/mol. The quantitative estimate of drug-likeness (QED) is 0.301. The van der Waals surface area contributed by atoms with Gasteiger partial charge in [0.25, 0.3) is 5.56 Å². The second-order valence-electron chi connectivity index (χ2n) is 9.87. The van der Waals surface area contributed by atoms with Crippen LogP contribution in [-0.2, 0) is 24.1 Å². The Balaban J connectivity index is 1.15. The van der Waals surface area contributed by atoms with Gasteiger partial charge in [0.15, 0.2) is 0 Å². The average Bonchev–Trinajstić information content (AvgIpc) is 3.01. The van der Waals surface area contributed by atoms with Crippen LogP contribution in [0.25, 0.3) is 10.8 Å². The number of carbonyl (C=O) groups excluding carboxylic acids is 1. The van der Waals surface area contributed by atoms with Gasteiger partial charge in [-0.3, -0.25) is 9.59 Å². The van der Waals surface area contributed by atoms with Crippen molar-refractivity contribution in [2.75, 3.05) is 44.7 Å². The van der Waals surface area contributed by atoms with Crippen LogP contribution in [-0.4, -0.2) is 70.4 Å². The first-order valence-electron chi connectivity index (χ1n) is 13.5. The Morgan fingerprint density at radius 3 is 2.29 bits per heavy atom. The van der Waals surface area contributed by atoms with Crippen LogP contribution in [0.5, 0.6) is 5.75 Å². The van der Waals surface area contributed by atoms with E-state index in [0.29, 0.717) is 56.9 Å². The zero-order chi connectivity index (χ0) is 29.7. The van der Waals surface area contributed by atoms with Gasteiger partial charge in [-0.1, -0.05) is 30.3 Å². The number of rotatable bonds is 9. The predicted octanol–water partition coefficient (Wildman–Crippen LogP) is 3.09. The van der Waals surface area contributed by atoms with E-state index < -0.39 is 11.7 Å². The van der Waals surface area contributed by atoms with Gasteiger partial charge >= 0.3 is 6.18 Å². The minimum Gasteiger partial charge on any atom is -0.497 e. The summed E-state index contributed by atoms with van der Waals surface area (Å²) in [6.45, 7) is 2.79. The number of alkyl halides is 3. The van der Waals surface area contributed by atoms with Gasteiger partial charge in [-0.05, 0) is 23.8 Å². The van der Waals surface area contributed by atoms with Crippen LogP contribution in [0.4, 0.5) is 19.1 Å². The SMILES string of the molecule is COc1ccc(Cn2nc(CNCCC(=O)N3CCN(c4ncc(C(F)(F)F)cn4)CC3)c3ccccc3c2=O)cc1. The number of hydrogen-bond acceptors (Lipinski definition) is 8. The summed E-state index contributed by atoms with van der Waals surface area (Å²) in [5, 5.41) is 9.24. The largest absolute Gasteiger partial charge is 0.497 e. The fourth-order valence-corrected chi connectivity index (χ4v) is 4.79. The molecule has 0 unspecified atom stereocenters. The van der Waals surface area contributed by atoms with E-state index in [1.807, 2.05) is 42.5 Å². The molecule has 1 fully saturated rings. The molecule has 2 aromatic carbocycles. The number of fused-ring (bicyclic) bond motifs is 1. The van der Waals surface area contributed by atoms with E-state index in [1.165, 1.54) is 4.68 Å². The topological polar surface area (TPSA) is 105 Å². The minimum atomic E-state index is -4.49. The van der Waals surface area contributed by atoms with Crippen molar-refractivity contribution in [3.8, 4) is 5.75 Å². The van der Waals surface area contributed by atoms with Crippen molar-refractivity contribution in [2.45, 2.75) is 25.7 Å². The van der Waals surface area contributed by atoms with E-state index in [-0.39, 0.29) is 23.8 Å². The number of aromatic nitrogens is 4. The first kappa shape index (κ1) is 29.0. The number of nitrogens with one attached hydrogen (secondary N) is 1. The first-order chi connectivity index (χ1) is 20.2. The van der Waals surface area contributed by atoms with Crippen LogP contribution < -0.4 is 20.5 Å². The number of hydrogen-bond donors (Lipinski definition) is 1. The highest BCUT2D eigenvalue weighted by Crippen LogP contribution is 2.28. The normalized spacial score (nSPS) is 13.9. The van der Waals surface area contributed by atoms with Gasteiger partial charge in [-0.25, -0.2) is 14.6 Å². The second kappa shape index (κ2) is 12.6. The predicted molar refractivity (Wildman–Crippen MR) is 150 cm³/mol. The van der Waals surface area contributed by atoms with Gasteiger partial charge in [-0.15, -0.1) is 0 Å². The molecule has 0 aliphatic carbocycles. The van der Waals surface area contributed by atoms with Crippen molar-refractivity contribution in [1.82, 2.24) is 30.0 Å². The Labute approximate surface area is 239 Å². The highest BCUT2D eigenvalue weighted by Gasteiger charge is 2.32. The number of benzene rings is 2. The summed E-state index contributed by atoms with van der Waals surface area (Å²) in [6.07, 6.45) is -2.68. The fourth-order valence-electron chi connectivity index (χ4n) is 4.79. The van der Waals surface area contributed by atoms with Crippen LogP contribution >= 0.6 is 0 Å². The third kappa shape index (κ3) is 6.68. The number of amides is 1. The highest BCUT2D eigenvalue weighted by molar-refractivity contribution is 5.83. The second-order valence-corrected chi connectivity index (χ2v) is 9.87. The molecule has 2 aromatic heterocycles. The number of anilines is 1. The number of ether oxygens (including phenoxy) is 1. The summed E-state index contributed by atoms with van der Waals surface area (Å²) in [7, 11) is 1.60. The van der Waals surface area contributed by atoms with Crippen LogP contribution in [0.15, 0.2) is 65.7 Å². The van der Waals surface area contributed by atoms with Crippen LogP contribution in [0.2, 0.25) is 0 Å². The summed E-state index contributed by atoms with van der Waals surface area (Å²) >= 11 is 0. The molecular weight excluding hydrogens is 551 g/mol. The molecule has 0 saturated carbocycles. The van der Waals surface area contributed by atoms with Crippen molar-refractivity contribution >= 4 is 22.6 Å². The van der Waals surface area contributed by atoms with E-state index in [2.05, 4.69) is 20.4 Å². The summed E-state index contributed by atoms with van der Waals surface area (Å²) in [5.74, 6) is 0.912. The molecule has 1 N–H and O–H groups in total. The zero-order valence-corrected chi connectivity index (χ0v) is 23.0. The standard InChI is InChI=1S/C29H30F3N7O3/c1-42-22-8-6-20(7-9-22)19-39-27(41)24-5-3-2-4-23(24)25(36-39)18-33-11-10-26(40)37-12-14-38(15-13-37)28-34-16-21(17-35-28)29(30,31)32/h2-9,16-17,33H,10-15,18-19H2,1H3. The summed E-state index contributed by atoms with van der Waals surface area (Å²) in [5.41, 5.74) is 0.541. The lowest BCUT2D eigenvalue weighted by atomic mass is 10.1. The molecule has 0 atom stereocenters. The lowest BCUT2D eigenvalue weighted by Gasteiger charge is -2.34. The summed E-state index contributed by atoms with van der Waals surface area (Å²) < 4.78 is 45.0. The number of piperazine rings is 1. The third-order valence-electron chi connectivity index (χ3n) is 7.12. The van der Waals surface area contributed by atoms with Crippen molar-refractivity contribution in [1.29, 1.82) is 0 Å². The molecule has 0 spiro atoms. The Bertz CT molecular complexity index is 1580. The lowest BCUT2D eigenvalue weighted by molar-refractivity contribution is -0.138. The third-order valence-corrected chi connectivity index (χ3v) is 7.12. The molecule has 0 radical (unpaired) electrons. The highest BCUT2D eigenvalue weighted by atomic mass is 19.4. The molecule has 1 aliphatic heterocycles. The molecule has 1 saturated heterocycles.